The van der Waals surface area contributed by atoms with E-state index in [0.717, 1.165) is 11.1 Å². The molecule has 22 heavy (non-hydrogen) atoms. The van der Waals surface area contributed by atoms with E-state index in [1.54, 1.807) is 37.4 Å². The SMILES string of the molecule is COc1ccc(OC(Cc2ccc(Cl)cc2C)C(=O)O)cc1. The lowest BCUT2D eigenvalue weighted by atomic mass is 10.0. The number of methoxy groups -OCH3 is 1. The second-order valence-corrected chi connectivity index (χ2v) is 5.33. The molecule has 1 unspecified atom stereocenters. The van der Waals surface area contributed by atoms with E-state index in [1.807, 2.05) is 19.1 Å². The lowest BCUT2D eigenvalue weighted by molar-refractivity contribution is -0.145. The van der Waals surface area contributed by atoms with Gasteiger partial charge < -0.3 is 14.6 Å². The Bertz CT molecular complexity index is 652. The summed E-state index contributed by atoms with van der Waals surface area (Å²) >= 11 is 5.91. The molecule has 0 bridgehead atoms. The van der Waals surface area contributed by atoms with Crippen LogP contribution in [0.2, 0.25) is 5.02 Å². The van der Waals surface area contributed by atoms with Crippen LogP contribution in [0, 0.1) is 6.92 Å². The molecule has 0 aliphatic rings. The normalized spacial score (nSPS) is 11.8. The molecule has 4 nitrogen and oxygen atoms in total. The van der Waals surface area contributed by atoms with Crippen molar-refractivity contribution in [3.8, 4) is 11.5 Å². The zero-order valence-electron chi connectivity index (χ0n) is 12.4. The van der Waals surface area contributed by atoms with Crippen molar-refractivity contribution in [1.82, 2.24) is 0 Å². The molecule has 5 heteroatoms. The molecule has 0 fully saturated rings. The molecule has 2 aromatic carbocycles. The molecule has 2 aromatic rings. The first-order valence-electron chi connectivity index (χ1n) is 6.78. The van der Waals surface area contributed by atoms with Crippen LogP contribution in [0.5, 0.6) is 11.5 Å². The molecule has 0 saturated carbocycles. The van der Waals surface area contributed by atoms with Crippen molar-refractivity contribution in [1.29, 1.82) is 0 Å². The lowest BCUT2D eigenvalue weighted by Gasteiger charge is -2.16. The summed E-state index contributed by atoms with van der Waals surface area (Å²) in [6.07, 6.45) is -0.696. The predicted octanol–water partition coefficient (Wildman–Crippen LogP) is 3.73. The average molecular weight is 321 g/mol. The highest BCUT2D eigenvalue weighted by Gasteiger charge is 2.21. The van der Waals surface area contributed by atoms with Crippen molar-refractivity contribution in [2.45, 2.75) is 19.4 Å². The van der Waals surface area contributed by atoms with Gasteiger partial charge in [0, 0.05) is 11.4 Å². The average Bonchev–Trinajstić information content (AvgIpc) is 2.49. The summed E-state index contributed by atoms with van der Waals surface area (Å²) in [5.41, 5.74) is 1.84. The highest BCUT2D eigenvalue weighted by Crippen LogP contribution is 2.21. The van der Waals surface area contributed by atoms with E-state index < -0.39 is 12.1 Å². The number of carbonyl (C=O) groups is 1. The maximum atomic E-state index is 11.4. The zero-order valence-corrected chi connectivity index (χ0v) is 13.1. The summed E-state index contributed by atoms with van der Waals surface area (Å²) in [6.45, 7) is 1.90. The zero-order chi connectivity index (χ0) is 16.1. The van der Waals surface area contributed by atoms with Crippen LogP contribution in [0.15, 0.2) is 42.5 Å². The Morgan fingerprint density at radius 3 is 2.36 bits per heavy atom. The molecular weight excluding hydrogens is 304 g/mol. The van der Waals surface area contributed by atoms with Crippen LogP contribution in [0.4, 0.5) is 0 Å². The minimum atomic E-state index is -1.01. The molecule has 1 N–H and O–H groups in total. The highest BCUT2D eigenvalue weighted by molar-refractivity contribution is 6.30. The van der Waals surface area contributed by atoms with Gasteiger partial charge in [-0.1, -0.05) is 17.7 Å². The maximum absolute atomic E-state index is 11.4. The second kappa shape index (κ2) is 7.18. The quantitative estimate of drug-likeness (QED) is 0.881. The largest absolute Gasteiger partial charge is 0.497 e. The summed E-state index contributed by atoms with van der Waals surface area (Å²) < 4.78 is 10.6. The first kappa shape index (κ1) is 16.2. The molecule has 0 aliphatic heterocycles. The number of rotatable bonds is 6. The van der Waals surface area contributed by atoms with E-state index in [0.29, 0.717) is 16.5 Å². The highest BCUT2D eigenvalue weighted by atomic mass is 35.5. The van der Waals surface area contributed by atoms with Gasteiger partial charge in [0.25, 0.3) is 0 Å². The van der Waals surface area contributed by atoms with Gasteiger partial charge in [-0.3, -0.25) is 0 Å². The third kappa shape index (κ3) is 4.15. The van der Waals surface area contributed by atoms with Crippen LogP contribution < -0.4 is 9.47 Å². The van der Waals surface area contributed by atoms with E-state index in [2.05, 4.69) is 0 Å². The van der Waals surface area contributed by atoms with Crippen molar-refractivity contribution >= 4 is 17.6 Å². The van der Waals surface area contributed by atoms with E-state index in [4.69, 9.17) is 21.1 Å². The topological polar surface area (TPSA) is 55.8 Å². The predicted molar refractivity (Wildman–Crippen MR) is 84.9 cm³/mol. The smallest absolute Gasteiger partial charge is 0.345 e. The van der Waals surface area contributed by atoms with Crippen molar-refractivity contribution in [2.75, 3.05) is 7.11 Å². The summed E-state index contributed by atoms with van der Waals surface area (Å²) in [6, 6.07) is 12.2. The number of carboxylic acids is 1. The molecule has 0 heterocycles. The number of halogens is 1. The fraction of sp³-hybridized carbons (Fsp3) is 0.235. The molecular formula is C17H17ClO4. The molecule has 0 spiro atoms. The summed E-state index contributed by atoms with van der Waals surface area (Å²) in [5, 5.41) is 10.00. The maximum Gasteiger partial charge on any atom is 0.345 e. The summed E-state index contributed by atoms with van der Waals surface area (Å²) in [7, 11) is 1.57. The van der Waals surface area contributed by atoms with Gasteiger partial charge in [0.2, 0.25) is 0 Å². The molecule has 116 valence electrons. The van der Waals surface area contributed by atoms with Crippen LogP contribution in [-0.4, -0.2) is 24.3 Å². The van der Waals surface area contributed by atoms with E-state index in [1.165, 1.54) is 0 Å². The van der Waals surface area contributed by atoms with Crippen LogP contribution in [0.3, 0.4) is 0 Å². The van der Waals surface area contributed by atoms with Crippen molar-refractivity contribution in [3.05, 3.63) is 58.6 Å². The fourth-order valence-electron chi connectivity index (χ4n) is 2.09. The van der Waals surface area contributed by atoms with Crippen molar-refractivity contribution in [2.24, 2.45) is 0 Å². The third-order valence-electron chi connectivity index (χ3n) is 3.32. The molecule has 0 radical (unpaired) electrons. The Balaban J connectivity index is 2.14. The number of hydrogen-bond donors (Lipinski definition) is 1. The molecule has 0 saturated heterocycles. The molecule has 0 aromatic heterocycles. The Hall–Kier alpha value is -2.20. The van der Waals surface area contributed by atoms with Gasteiger partial charge in [0.1, 0.15) is 11.5 Å². The molecule has 2 rings (SSSR count). The van der Waals surface area contributed by atoms with Gasteiger partial charge in [-0.2, -0.15) is 0 Å². The third-order valence-corrected chi connectivity index (χ3v) is 3.56. The van der Waals surface area contributed by atoms with Gasteiger partial charge in [-0.05, 0) is 54.4 Å². The van der Waals surface area contributed by atoms with Crippen LogP contribution in [-0.2, 0) is 11.2 Å². The minimum absolute atomic E-state index is 0.268. The minimum Gasteiger partial charge on any atom is -0.497 e. The number of ether oxygens (including phenoxy) is 2. The van der Waals surface area contributed by atoms with Crippen molar-refractivity contribution in [3.63, 3.8) is 0 Å². The standard InChI is InChI=1S/C17H17ClO4/c1-11-9-13(18)4-3-12(11)10-16(17(19)20)22-15-7-5-14(21-2)6-8-15/h3-9,16H,10H2,1-2H3,(H,19,20). The van der Waals surface area contributed by atoms with E-state index in [-0.39, 0.29) is 6.42 Å². The number of aryl methyl sites for hydroxylation is 1. The van der Waals surface area contributed by atoms with E-state index in [9.17, 15) is 9.90 Å². The first-order valence-corrected chi connectivity index (χ1v) is 7.16. The van der Waals surface area contributed by atoms with Crippen LogP contribution in [0.1, 0.15) is 11.1 Å². The number of benzene rings is 2. The monoisotopic (exact) mass is 320 g/mol. The fourth-order valence-corrected chi connectivity index (χ4v) is 2.31. The van der Waals surface area contributed by atoms with Gasteiger partial charge in [-0.25, -0.2) is 4.79 Å². The first-order chi connectivity index (χ1) is 10.5. The van der Waals surface area contributed by atoms with Gasteiger partial charge in [0.05, 0.1) is 7.11 Å². The number of aliphatic carboxylic acids is 1. The molecule has 0 aliphatic carbocycles. The van der Waals surface area contributed by atoms with Crippen molar-refractivity contribution < 1.29 is 19.4 Å². The van der Waals surface area contributed by atoms with Crippen LogP contribution in [0.25, 0.3) is 0 Å². The number of carboxylic acid groups (broad SMARTS) is 1. The van der Waals surface area contributed by atoms with Gasteiger partial charge >= 0.3 is 5.97 Å². The van der Waals surface area contributed by atoms with Crippen LogP contribution >= 0.6 is 11.6 Å². The number of hydrogen-bond acceptors (Lipinski definition) is 3. The molecule has 1 atom stereocenters. The Morgan fingerprint density at radius 1 is 1.18 bits per heavy atom. The van der Waals surface area contributed by atoms with Gasteiger partial charge in [0.15, 0.2) is 6.10 Å². The lowest BCUT2D eigenvalue weighted by Crippen LogP contribution is -2.29. The Kier molecular flexibility index (Phi) is 5.28. The van der Waals surface area contributed by atoms with E-state index >= 15 is 0 Å². The van der Waals surface area contributed by atoms with Gasteiger partial charge in [-0.15, -0.1) is 0 Å². The summed E-state index contributed by atoms with van der Waals surface area (Å²) in [5.74, 6) is 0.165. The summed E-state index contributed by atoms with van der Waals surface area (Å²) in [4.78, 5) is 11.4. The Morgan fingerprint density at radius 2 is 1.82 bits per heavy atom. The second-order valence-electron chi connectivity index (χ2n) is 4.90. The molecule has 0 amide bonds. The Labute approximate surface area is 134 Å².